The molecular weight excluding hydrogens is 196 g/mol. The van der Waals surface area contributed by atoms with Crippen LogP contribution >= 0.6 is 11.8 Å². The maximum absolute atomic E-state index is 10.8. The SMILES string of the molecule is CCC(=O)OCCSc1ccccc1. The third-order valence-electron chi connectivity index (χ3n) is 1.65. The first kappa shape index (κ1) is 11.1. The van der Waals surface area contributed by atoms with E-state index in [1.54, 1.807) is 18.7 Å². The van der Waals surface area contributed by atoms with Crippen LogP contribution in [0.4, 0.5) is 0 Å². The molecule has 0 aliphatic rings. The van der Waals surface area contributed by atoms with Crippen molar-refractivity contribution in [1.82, 2.24) is 0 Å². The number of carbonyl (C=O) groups is 1. The van der Waals surface area contributed by atoms with Gasteiger partial charge in [0, 0.05) is 17.1 Å². The highest BCUT2D eigenvalue weighted by Gasteiger charge is 1.97. The Morgan fingerprint density at radius 1 is 1.36 bits per heavy atom. The number of esters is 1. The quantitative estimate of drug-likeness (QED) is 0.424. The molecule has 0 N–H and O–H groups in total. The van der Waals surface area contributed by atoms with E-state index in [9.17, 15) is 4.79 Å². The molecule has 0 aliphatic heterocycles. The highest BCUT2D eigenvalue weighted by molar-refractivity contribution is 7.99. The van der Waals surface area contributed by atoms with Crippen molar-refractivity contribution in [2.24, 2.45) is 0 Å². The number of benzene rings is 1. The molecule has 0 bridgehead atoms. The summed E-state index contributed by atoms with van der Waals surface area (Å²) in [6.07, 6.45) is 0.454. The van der Waals surface area contributed by atoms with Crippen molar-refractivity contribution in [2.75, 3.05) is 12.4 Å². The van der Waals surface area contributed by atoms with E-state index in [2.05, 4.69) is 0 Å². The number of hydrogen-bond donors (Lipinski definition) is 0. The molecule has 0 atom stereocenters. The Hall–Kier alpha value is -0.960. The number of thioether (sulfide) groups is 1. The second-order valence-corrected chi connectivity index (χ2v) is 3.90. The Labute approximate surface area is 88.7 Å². The molecule has 0 fully saturated rings. The Balaban J connectivity index is 2.13. The molecule has 0 heterocycles. The van der Waals surface area contributed by atoms with Gasteiger partial charge in [0.1, 0.15) is 6.61 Å². The molecule has 0 radical (unpaired) electrons. The molecule has 1 rings (SSSR count). The van der Waals surface area contributed by atoms with Gasteiger partial charge in [0.05, 0.1) is 0 Å². The van der Waals surface area contributed by atoms with Gasteiger partial charge in [0.25, 0.3) is 0 Å². The van der Waals surface area contributed by atoms with E-state index < -0.39 is 0 Å². The summed E-state index contributed by atoms with van der Waals surface area (Å²) >= 11 is 1.70. The highest BCUT2D eigenvalue weighted by atomic mass is 32.2. The molecule has 14 heavy (non-hydrogen) atoms. The minimum atomic E-state index is -0.126. The second kappa shape index (κ2) is 6.49. The van der Waals surface area contributed by atoms with Crippen LogP contribution < -0.4 is 0 Å². The molecule has 0 spiro atoms. The van der Waals surface area contributed by atoms with Gasteiger partial charge in [-0.25, -0.2) is 0 Å². The van der Waals surface area contributed by atoms with E-state index in [4.69, 9.17) is 4.74 Å². The predicted molar refractivity (Wildman–Crippen MR) is 58.4 cm³/mol. The lowest BCUT2D eigenvalue weighted by Gasteiger charge is -2.02. The van der Waals surface area contributed by atoms with Crippen LogP contribution in [0.15, 0.2) is 35.2 Å². The zero-order valence-electron chi connectivity index (χ0n) is 8.23. The Morgan fingerprint density at radius 2 is 2.07 bits per heavy atom. The Kier molecular flexibility index (Phi) is 5.15. The van der Waals surface area contributed by atoms with E-state index in [-0.39, 0.29) is 5.97 Å². The van der Waals surface area contributed by atoms with Gasteiger partial charge in [-0.1, -0.05) is 25.1 Å². The van der Waals surface area contributed by atoms with Gasteiger partial charge in [-0.15, -0.1) is 11.8 Å². The van der Waals surface area contributed by atoms with Crippen LogP contribution in [-0.4, -0.2) is 18.3 Å². The van der Waals surface area contributed by atoms with Gasteiger partial charge >= 0.3 is 5.97 Å². The van der Waals surface area contributed by atoms with Gasteiger partial charge < -0.3 is 4.74 Å². The van der Waals surface area contributed by atoms with Gasteiger partial charge in [-0.3, -0.25) is 4.79 Å². The van der Waals surface area contributed by atoms with Crippen LogP contribution in [0.5, 0.6) is 0 Å². The van der Waals surface area contributed by atoms with E-state index in [1.165, 1.54) is 4.90 Å². The molecule has 0 saturated carbocycles. The summed E-state index contributed by atoms with van der Waals surface area (Å²) in [5.41, 5.74) is 0. The zero-order valence-corrected chi connectivity index (χ0v) is 9.05. The maximum Gasteiger partial charge on any atom is 0.305 e. The van der Waals surface area contributed by atoms with Gasteiger partial charge in [0.15, 0.2) is 0 Å². The Morgan fingerprint density at radius 3 is 2.71 bits per heavy atom. The summed E-state index contributed by atoms with van der Waals surface area (Å²) in [5, 5.41) is 0. The van der Waals surface area contributed by atoms with Gasteiger partial charge in [-0.05, 0) is 12.1 Å². The lowest BCUT2D eigenvalue weighted by molar-refractivity contribution is -0.142. The molecule has 76 valence electrons. The number of carbonyl (C=O) groups excluding carboxylic acids is 1. The van der Waals surface area contributed by atoms with Crippen molar-refractivity contribution < 1.29 is 9.53 Å². The molecule has 0 amide bonds. The minimum absolute atomic E-state index is 0.126. The monoisotopic (exact) mass is 210 g/mol. The molecule has 1 aromatic carbocycles. The fourth-order valence-electron chi connectivity index (χ4n) is 0.934. The van der Waals surface area contributed by atoms with Crippen molar-refractivity contribution in [3.8, 4) is 0 Å². The first-order valence-corrected chi connectivity index (χ1v) is 5.65. The molecule has 0 aromatic heterocycles. The number of rotatable bonds is 5. The van der Waals surface area contributed by atoms with Crippen LogP contribution in [0.25, 0.3) is 0 Å². The number of ether oxygens (including phenoxy) is 1. The Bertz CT molecular complexity index is 272. The summed E-state index contributed by atoms with van der Waals surface area (Å²) in [6, 6.07) is 10.1. The first-order chi connectivity index (χ1) is 6.83. The third-order valence-corrected chi connectivity index (χ3v) is 2.62. The predicted octanol–water partition coefficient (Wildman–Crippen LogP) is 2.73. The lowest BCUT2D eigenvalue weighted by Crippen LogP contribution is -2.05. The fourth-order valence-corrected chi connectivity index (χ4v) is 1.69. The average molecular weight is 210 g/mol. The first-order valence-electron chi connectivity index (χ1n) is 4.66. The summed E-state index contributed by atoms with van der Waals surface area (Å²) in [4.78, 5) is 12.0. The summed E-state index contributed by atoms with van der Waals surface area (Å²) < 4.78 is 4.95. The molecule has 0 aliphatic carbocycles. The smallest absolute Gasteiger partial charge is 0.305 e. The standard InChI is InChI=1S/C11H14O2S/c1-2-11(12)13-8-9-14-10-6-4-3-5-7-10/h3-7H,2,8-9H2,1H3. The van der Waals surface area contributed by atoms with Gasteiger partial charge in [0.2, 0.25) is 0 Å². The van der Waals surface area contributed by atoms with E-state index in [0.29, 0.717) is 13.0 Å². The van der Waals surface area contributed by atoms with Crippen molar-refractivity contribution in [3.63, 3.8) is 0 Å². The molecule has 1 aromatic rings. The van der Waals surface area contributed by atoms with Crippen LogP contribution in [0.2, 0.25) is 0 Å². The van der Waals surface area contributed by atoms with E-state index >= 15 is 0 Å². The molecule has 2 nitrogen and oxygen atoms in total. The van der Waals surface area contributed by atoms with Crippen LogP contribution in [-0.2, 0) is 9.53 Å². The minimum Gasteiger partial charge on any atom is -0.465 e. The molecule has 0 unspecified atom stereocenters. The van der Waals surface area contributed by atoms with Crippen molar-refractivity contribution >= 4 is 17.7 Å². The second-order valence-electron chi connectivity index (χ2n) is 2.74. The molecular formula is C11H14O2S. The normalized spacial score (nSPS) is 9.79. The summed E-state index contributed by atoms with van der Waals surface area (Å²) in [7, 11) is 0. The van der Waals surface area contributed by atoms with Crippen molar-refractivity contribution in [2.45, 2.75) is 18.2 Å². The van der Waals surface area contributed by atoms with Crippen LogP contribution in [0, 0.1) is 0 Å². The number of hydrogen-bond acceptors (Lipinski definition) is 3. The lowest BCUT2D eigenvalue weighted by atomic mass is 10.4. The molecule has 0 saturated heterocycles. The van der Waals surface area contributed by atoms with Gasteiger partial charge in [-0.2, -0.15) is 0 Å². The largest absolute Gasteiger partial charge is 0.465 e. The topological polar surface area (TPSA) is 26.3 Å². The summed E-state index contributed by atoms with van der Waals surface area (Å²) in [5.74, 6) is 0.689. The van der Waals surface area contributed by atoms with Crippen molar-refractivity contribution in [1.29, 1.82) is 0 Å². The van der Waals surface area contributed by atoms with E-state index in [1.807, 2.05) is 30.3 Å². The third kappa shape index (κ3) is 4.33. The zero-order chi connectivity index (χ0) is 10.2. The van der Waals surface area contributed by atoms with Crippen LogP contribution in [0.3, 0.4) is 0 Å². The highest BCUT2D eigenvalue weighted by Crippen LogP contribution is 2.16. The molecule has 3 heteroatoms. The van der Waals surface area contributed by atoms with Crippen LogP contribution in [0.1, 0.15) is 13.3 Å². The van der Waals surface area contributed by atoms with E-state index in [0.717, 1.165) is 5.75 Å². The summed E-state index contributed by atoms with van der Waals surface area (Å²) in [6.45, 7) is 2.29. The van der Waals surface area contributed by atoms with Crippen molar-refractivity contribution in [3.05, 3.63) is 30.3 Å². The average Bonchev–Trinajstić information content (AvgIpc) is 2.25. The maximum atomic E-state index is 10.8. The fraction of sp³-hybridized carbons (Fsp3) is 0.364.